The normalized spacial score (nSPS) is 10.9. The highest BCUT2D eigenvalue weighted by molar-refractivity contribution is 5.87. The van der Waals surface area contributed by atoms with Gasteiger partial charge in [0.25, 0.3) is 0 Å². The van der Waals surface area contributed by atoms with E-state index < -0.39 is 0 Å². The number of aromatic nitrogens is 4. The van der Waals surface area contributed by atoms with Crippen molar-refractivity contribution in [1.29, 1.82) is 0 Å². The average Bonchev–Trinajstić information content (AvgIpc) is 2.93. The largest absolute Gasteiger partial charge is 0.345 e. The molecule has 0 aliphatic carbocycles. The van der Waals surface area contributed by atoms with Crippen LogP contribution in [-0.4, -0.2) is 25.8 Å². The van der Waals surface area contributed by atoms with Gasteiger partial charge >= 0.3 is 0 Å². The van der Waals surface area contributed by atoms with Crippen LogP contribution in [0, 0.1) is 0 Å². The van der Waals surface area contributed by atoms with E-state index in [2.05, 4.69) is 15.0 Å². The second-order valence-electron chi connectivity index (χ2n) is 3.84. The number of benzene rings is 1. The third-order valence-electron chi connectivity index (χ3n) is 2.77. The molecule has 0 saturated carbocycles. The lowest BCUT2D eigenvalue weighted by Gasteiger charge is -2.03. The predicted molar refractivity (Wildman–Crippen MR) is 63.7 cm³/mol. The van der Waals surface area contributed by atoms with Crippen molar-refractivity contribution >= 4 is 17.3 Å². The Kier molecular flexibility index (Phi) is 2.04. The lowest BCUT2D eigenvalue weighted by molar-refractivity contribution is 0.112. The third-order valence-corrected chi connectivity index (χ3v) is 2.77. The van der Waals surface area contributed by atoms with Gasteiger partial charge in [0.1, 0.15) is 5.69 Å². The minimum absolute atomic E-state index is 0.450. The third kappa shape index (κ3) is 1.44. The Bertz CT molecular complexity index is 695. The van der Waals surface area contributed by atoms with Crippen molar-refractivity contribution in [3.05, 3.63) is 36.5 Å². The van der Waals surface area contributed by atoms with E-state index in [9.17, 15) is 4.79 Å². The topological polar surface area (TPSA) is 63.6 Å². The summed E-state index contributed by atoms with van der Waals surface area (Å²) in [5.41, 5.74) is 4.07. The van der Waals surface area contributed by atoms with Gasteiger partial charge in [0.05, 0.1) is 29.4 Å². The summed E-state index contributed by atoms with van der Waals surface area (Å²) in [5, 5.41) is 0. The van der Waals surface area contributed by atoms with Crippen LogP contribution >= 0.6 is 0 Å². The minimum Gasteiger partial charge on any atom is -0.345 e. The fourth-order valence-corrected chi connectivity index (χ4v) is 1.97. The van der Waals surface area contributed by atoms with E-state index in [4.69, 9.17) is 0 Å². The van der Waals surface area contributed by atoms with E-state index in [1.807, 2.05) is 29.8 Å². The lowest BCUT2D eigenvalue weighted by Crippen LogP contribution is -1.93. The highest BCUT2D eigenvalue weighted by atomic mass is 16.1. The molecule has 0 radical (unpaired) electrons. The number of carbonyl (C=O) groups excluding carboxylic acids is 1. The van der Waals surface area contributed by atoms with Gasteiger partial charge in [0, 0.05) is 12.6 Å². The van der Waals surface area contributed by atoms with Gasteiger partial charge in [0.15, 0.2) is 6.29 Å². The highest BCUT2D eigenvalue weighted by Gasteiger charge is 2.11. The van der Waals surface area contributed by atoms with E-state index in [0.717, 1.165) is 28.6 Å². The molecule has 0 bridgehead atoms. The molecule has 0 amide bonds. The van der Waals surface area contributed by atoms with Crippen LogP contribution in [0.25, 0.3) is 22.3 Å². The summed E-state index contributed by atoms with van der Waals surface area (Å²) >= 11 is 0. The van der Waals surface area contributed by atoms with E-state index >= 15 is 0 Å². The summed E-state index contributed by atoms with van der Waals surface area (Å²) in [6.45, 7) is 0. The molecule has 3 rings (SSSR count). The molecule has 1 aromatic carbocycles. The smallest absolute Gasteiger partial charge is 0.170 e. The van der Waals surface area contributed by atoms with E-state index in [1.165, 1.54) is 0 Å². The zero-order valence-electron chi connectivity index (χ0n) is 9.21. The molecule has 0 fully saturated rings. The number of hydrogen-bond donors (Lipinski definition) is 1. The summed E-state index contributed by atoms with van der Waals surface area (Å²) in [4.78, 5) is 22.2. The summed E-state index contributed by atoms with van der Waals surface area (Å²) in [6, 6.07) is 5.82. The SMILES string of the molecule is Cn1cnc(C=O)c1-c1ccc2nc[nH]c2c1. The molecule has 0 unspecified atom stereocenters. The molecular formula is C12H10N4O. The molecule has 2 heterocycles. The van der Waals surface area contributed by atoms with Crippen molar-refractivity contribution in [2.45, 2.75) is 0 Å². The number of imidazole rings is 2. The molecular weight excluding hydrogens is 216 g/mol. The number of nitrogens with zero attached hydrogens (tertiary/aromatic N) is 3. The van der Waals surface area contributed by atoms with Crippen LogP contribution in [0.1, 0.15) is 10.5 Å². The van der Waals surface area contributed by atoms with Gasteiger partial charge in [0.2, 0.25) is 0 Å². The molecule has 0 saturated heterocycles. The Hall–Kier alpha value is -2.43. The number of rotatable bonds is 2. The summed E-state index contributed by atoms with van der Waals surface area (Å²) in [7, 11) is 1.87. The molecule has 0 spiro atoms. The minimum atomic E-state index is 0.450. The van der Waals surface area contributed by atoms with Crippen molar-refractivity contribution in [3.8, 4) is 11.3 Å². The zero-order valence-corrected chi connectivity index (χ0v) is 9.21. The maximum absolute atomic E-state index is 10.9. The Morgan fingerprint density at radius 2 is 2.24 bits per heavy atom. The molecule has 17 heavy (non-hydrogen) atoms. The Balaban J connectivity index is 2.25. The first-order valence-corrected chi connectivity index (χ1v) is 5.19. The quantitative estimate of drug-likeness (QED) is 0.677. The molecule has 84 valence electrons. The Morgan fingerprint density at radius 3 is 3.06 bits per heavy atom. The van der Waals surface area contributed by atoms with Crippen molar-refractivity contribution in [2.75, 3.05) is 0 Å². The molecule has 5 heteroatoms. The average molecular weight is 226 g/mol. The number of aromatic amines is 1. The van der Waals surface area contributed by atoms with Crippen molar-refractivity contribution in [2.24, 2.45) is 7.05 Å². The number of nitrogens with one attached hydrogen (secondary N) is 1. The van der Waals surface area contributed by atoms with Crippen LogP contribution in [0.4, 0.5) is 0 Å². The fraction of sp³-hybridized carbons (Fsp3) is 0.0833. The number of aryl methyl sites for hydroxylation is 1. The van der Waals surface area contributed by atoms with E-state index in [-0.39, 0.29) is 0 Å². The zero-order chi connectivity index (χ0) is 11.8. The van der Waals surface area contributed by atoms with Crippen LogP contribution in [0.3, 0.4) is 0 Å². The maximum atomic E-state index is 10.9. The standard InChI is InChI=1S/C12H10N4O/c1-16-7-15-11(5-17)12(16)8-2-3-9-10(4-8)14-6-13-9/h2-7H,1H3,(H,13,14). The molecule has 5 nitrogen and oxygen atoms in total. The summed E-state index contributed by atoms with van der Waals surface area (Å²) < 4.78 is 1.83. The molecule has 1 N–H and O–H groups in total. The number of carbonyl (C=O) groups is 1. The first kappa shape index (κ1) is 9.77. The molecule has 0 atom stereocenters. The van der Waals surface area contributed by atoms with Gasteiger partial charge in [-0.25, -0.2) is 9.97 Å². The first-order chi connectivity index (χ1) is 8.29. The van der Waals surface area contributed by atoms with Gasteiger partial charge in [-0.05, 0) is 12.1 Å². The van der Waals surface area contributed by atoms with Crippen LogP contribution in [0.15, 0.2) is 30.9 Å². The van der Waals surface area contributed by atoms with Crippen LogP contribution in [-0.2, 0) is 7.05 Å². The number of aldehydes is 1. The molecule has 3 aromatic rings. The summed E-state index contributed by atoms with van der Waals surface area (Å²) in [6.07, 6.45) is 4.06. The van der Waals surface area contributed by atoms with E-state index in [1.54, 1.807) is 12.7 Å². The number of fused-ring (bicyclic) bond motifs is 1. The van der Waals surface area contributed by atoms with Gasteiger partial charge in [-0.3, -0.25) is 4.79 Å². The fourth-order valence-electron chi connectivity index (χ4n) is 1.97. The molecule has 2 aromatic heterocycles. The number of hydrogen-bond acceptors (Lipinski definition) is 3. The predicted octanol–water partition coefficient (Wildman–Crippen LogP) is 1.78. The Labute approximate surface area is 97.1 Å². The number of H-pyrrole nitrogens is 1. The highest BCUT2D eigenvalue weighted by Crippen LogP contribution is 2.24. The summed E-state index contributed by atoms with van der Waals surface area (Å²) in [5.74, 6) is 0. The van der Waals surface area contributed by atoms with Gasteiger partial charge in [-0.2, -0.15) is 0 Å². The van der Waals surface area contributed by atoms with E-state index in [0.29, 0.717) is 5.69 Å². The Morgan fingerprint density at radius 1 is 1.35 bits per heavy atom. The van der Waals surface area contributed by atoms with Gasteiger partial charge in [-0.15, -0.1) is 0 Å². The van der Waals surface area contributed by atoms with Crippen LogP contribution < -0.4 is 0 Å². The first-order valence-electron chi connectivity index (χ1n) is 5.19. The van der Waals surface area contributed by atoms with Crippen molar-refractivity contribution in [3.63, 3.8) is 0 Å². The second kappa shape index (κ2) is 3.55. The maximum Gasteiger partial charge on any atom is 0.170 e. The van der Waals surface area contributed by atoms with Crippen molar-refractivity contribution in [1.82, 2.24) is 19.5 Å². The van der Waals surface area contributed by atoms with Crippen LogP contribution in [0.5, 0.6) is 0 Å². The molecule has 0 aliphatic rings. The monoisotopic (exact) mass is 226 g/mol. The van der Waals surface area contributed by atoms with Crippen LogP contribution in [0.2, 0.25) is 0 Å². The van der Waals surface area contributed by atoms with Gasteiger partial charge in [-0.1, -0.05) is 6.07 Å². The second-order valence-corrected chi connectivity index (χ2v) is 3.84. The van der Waals surface area contributed by atoms with Crippen molar-refractivity contribution < 1.29 is 4.79 Å². The van der Waals surface area contributed by atoms with Gasteiger partial charge < -0.3 is 9.55 Å². The lowest BCUT2D eigenvalue weighted by atomic mass is 10.1. The molecule has 0 aliphatic heterocycles.